The summed E-state index contributed by atoms with van der Waals surface area (Å²) in [6.45, 7) is 6.62. The van der Waals surface area contributed by atoms with E-state index in [2.05, 4.69) is 31.6 Å². The molecule has 1 heterocycles. The summed E-state index contributed by atoms with van der Waals surface area (Å²) in [6.07, 6.45) is 2.64. The standard InChI is InChI=1S/C19H21FN2O2S2/c1-19(2,3)12-4-9-15-16(11-21)18(25-17(15)10-12)22-26(23,24)14-7-5-13(20)6-8-14/h5-8,12,22H,4,9-10H2,1-3H3/t12-/m1/s1. The first-order valence-corrected chi connectivity index (χ1v) is 10.7. The Labute approximate surface area is 157 Å². The van der Waals surface area contributed by atoms with Crippen LogP contribution < -0.4 is 4.72 Å². The minimum atomic E-state index is -3.86. The maximum absolute atomic E-state index is 13.1. The maximum atomic E-state index is 13.1. The van der Waals surface area contributed by atoms with E-state index in [1.54, 1.807) is 0 Å². The van der Waals surface area contributed by atoms with Gasteiger partial charge in [0.05, 0.1) is 10.5 Å². The van der Waals surface area contributed by atoms with Gasteiger partial charge in [-0.2, -0.15) is 5.26 Å². The van der Waals surface area contributed by atoms with Crippen LogP contribution in [0.15, 0.2) is 29.2 Å². The summed E-state index contributed by atoms with van der Waals surface area (Å²) in [5, 5.41) is 9.92. The molecule has 7 heteroatoms. The van der Waals surface area contributed by atoms with Crippen molar-refractivity contribution in [3.05, 3.63) is 46.1 Å². The summed E-state index contributed by atoms with van der Waals surface area (Å²) in [7, 11) is -3.86. The highest BCUT2D eigenvalue weighted by molar-refractivity contribution is 7.93. The van der Waals surface area contributed by atoms with E-state index in [-0.39, 0.29) is 10.3 Å². The predicted molar refractivity (Wildman–Crippen MR) is 101 cm³/mol. The molecule has 4 nitrogen and oxygen atoms in total. The van der Waals surface area contributed by atoms with Crippen LogP contribution in [-0.4, -0.2) is 8.42 Å². The number of benzene rings is 1. The van der Waals surface area contributed by atoms with Gasteiger partial charge < -0.3 is 0 Å². The number of nitrogens with one attached hydrogen (secondary N) is 1. The van der Waals surface area contributed by atoms with E-state index in [1.807, 2.05) is 0 Å². The van der Waals surface area contributed by atoms with Gasteiger partial charge in [0.15, 0.2) is 0 Å². The Morgan fingerprint density at radius 3 is 2.50 bits per heavy atom. The van der Waals surface area contributed by atoms with Gasteiger partial charge in [0, 0.05) is 4.88 Å². The Kier molecular flexibility index (Phi) is 4.84. The minimum Gasteiger partial charge on any atom is -0.269 e. The monoisotopic (exact) mass is 392 g/mol. The number of nitriles is 1. The van der Waals surface area contributed by atoms with Crippen molar-refractivity contribution < 1.29 is 12.8 Å². The quantitative estimate of drug-likeness (QED) is 0.822. The van der Waals surface area contributed by atoms with E-state index < -0.39 is 15.8 Å². The van der Waals surface area contributed by atoms with Gasteiger partial charge >= 0.3 is 0 Å². The van der Waals surface area contributed by atoms with Gasteiger partial charge in [-0.05, 0) is 60.4 Å². The molecule has 0 aliphatic heterocycles. The van der Waals surface area contributed by atoms with Crippen LogP contribution in [0.4, 0.5) is 9.39 Å². The third-order valence-corrected chi connectivity index (χ3v) is 7.62. The molecule has 1 aliphatic carbocycles. The van der Waals surface area contributed by atoms with Gasteiger partial charge in [0.2, 0.25) is 0 Å². The largest absolute Gasteiger partial charge is 0.269 e. The Morgan fingerprint density at radius 2 is 1.92 bits per heavy atom. The summed E-state index contributed by atoms with van der Waals surface area (Å²) >= 11 is 1.34. The van der Waals surface area contributed by atoms with Crippen molar-refractivity contribution in [2.24, 2.45) is 11.3 Å². The fourth-order valence-corrected chi connectivity index (χ4v) is 5.89. The van der Waals surface area contributed by atoms with Crippen molar-refractivity contribution in [1.82, 2.24) is 0 Å². The summed E-state index contributed by atoms with van der Waals surface area (Å²) < 4.78 is 40.7. The smallest absolute Gasteiger partial charge is 0.262 e. The van der Waals surface area contributed by atoms with Gasteiger partial charge in [-0.25, -0.2) is 12.8 Å². The van der Waals surface area contributed by atoms with Crippen molar-refractivity contribution in [2.45, 2.75) is 44.9 Å². The molecule has 0 saturated carbocycles. The SMILES string of the molecule is CC(C)(C)[C@@H]1CCc2c(sc(NS(=O)(=O)c3ccc(F)cc3)c2C#N)C1. The van der Waals surface area contributed by atoms with Crippen LogP contribution in [-0.2, 0) is 22.9 Å². The zero-order valence-corrected chi connectivity index (χ0v) is 16.6. The van der Waals surface area contributed by atoms with E-state index >= 15 is 0 Å². The van der Waals surface area contributed by atoms with E-state index in [0.29, 0.717) is 16.5 Å². The van der Waals surface area contributed by atoms with Crippen molar-refractivity contribution in [1.29, 1.82) is 5.26 Å². The average Bonchev–Trinajstić information content (AvgIpc) is 2.89. The number of sulfonamides is 1. The molecular weight excluding hydrogens is 371 g/mol. The van der Waals surface area contributed by atoms with Gasteiger partial charge in [0.1, 0.15) is 16.9 Å². The molecule has 0 saturated heterocycles. The molecule has 26 heavy (non-hydrogen) atoms. The molecule has 0 radical (unpaired) electrons. The number of halogens is 1. The summed E-state index contributed by atoms with van der Waals surface area (Å²) in [5.74, 6) is 0.00298. The lowest BCUT2D eigenvalue weighted by Crippen LogP contribution is -2.26. The van der Waals surface area contributed by atoms with Crippen LogP contribution in [0.1, 0.15) is 43.2 Å². The molecule has 1 aliphatic rings. The number of rotatable bonds is 3. The average molecular weight is 393 g/mol. The predicted octanol–water partition coefficient (Wildman–Crippen LogP) is 4.71. The molecule has 138 valence electrons. The van der Waals surface area contributed by atoms with Crippen LogP contribution in [0.5, 0.6) is 0 Å². The lowest BCUT2D eigenvalue weighted by molar-refractivity contribution is 0.218. The fourth-order valence-electron chi connectivity index (χ4n) is 3.31. The van der Waals surface area contributed by atoms with Crippen LogP contribution in [0, 0.1) is 28.5 Å². The van der Waals surface area contributed by atoms with Crippen LogP contribution >= 0.6 is 11.3 Å². The first-order valence-electron chi connectivity index (χ1n) is 8.45. The minimum absolute atomic E-state index is 0.0262. The lowest BCUT2D eigenvalue weighted by Gasteiger charge is -2.33. The number of anilines is 1. The summed E-state index contributed by atoms with van der Waals surface area (Å²) in [6, 6.07) is 6.80. The van der Waals surface area contributed by atoms with Gasteiger partial charge in [-0.3, -0.25) is 4.72 Å². The topological polar surface area (TPSA) is 70.0 Å². The van der Waals surface area contributed by atoms with Crippen LogP contribution in [0.2, 0.25) is 0 Å². The molecule has 2 aromatic rings. The lowest BCUT2D eigenvalue weighted by atomic mass is 9.72. The zero-order chi connectivity index (χ0) is 19.1. The normalized spacial score (nSPS) is 17.4. The van der Waals surface area contributed by atoms with Gasteiger partial charge in [0.25, 0.3) is 10.0 Å². The number of fused-ring (bicyclic) bond motifs is 1. The Balaban J connectivity index is 1.94. The number of thiophene rings is 1. The zero-order valence-electron chi connectivity index (χ0n) is 15.0. The fraction of sp³-hybridized carbons (Fsp3) is 0.421. The van der Waals surface area contributed by atoms with Crippen molar-refractivity contribution in [3.8, 4) is 6.07 Å². The highest BCUT2D eigenvalue weighted by Crippen LogP contribution is 2.44. The first kappa shape index (κ1) is 18.9. The maximum Gasteiger partial charge on any atom is 0.262 e. The summed E-state index contributed by atoms with van der Waals surface area (Å²) in [5.41, 5.74) is 1.56. The highest BCUT2D eigenvalue weighted by atomic mass is 32.2. The van der Waals surface area contributed by atoms with Crippen molar-refractivity contribution in [2.75, 3.05) is 4.72 Å². The molecule has 0 bridgehead atoms. The van der Waals surface area contributed by atoms with E-state index in [9.17, 15) is 18.1 Å². The molecule has 1 atom stereocenters. The van der Waals surface area contributed by atoms with Crippen LogP contribution in [0.25, 0.3) is 0 Å². The Hall–Kier alpha value is -1.91. The second-order valence-electron chi connectivity index (χ2n) is 7.68. The van der Waals surface area contributed by atoms with E-state index in [1.165, 1.54) is 23.5 Å². The Bertz CT molecular complexity index is 965. The Morgan fingerprint density at radius 1 is 1.27 bits per heavy atom. The second kappa shape index (κ2) is 6.67. The second-order valence-corrected chi connectivity index (χ2v) is 10.5. The molecule has 1 N–H and O–H groups in total. The van der Waals surface area contributed by atoms with E-state index in [0.717, 1.165) is 41.8 Å². The number of nitrogens with zero attached hydrogens (tertiary/aromatic N) is 1. The number of hydrogen-bond acceptors (Lipinski definition) is 4. The van der Waals surface area contributed by atoms with Gasteiger partial charge in [-0.1, -0.05) is 20.8 Å². The molecule has 0 fully saturated rings. The van der Waals surface area contributed by atoms with Crippen molar-refractivity contribution in [3.63, 3.8) is 0 Å². The highest BCUT2D eigenvalue weighted by Gasteiger charge is 2.33. The van der Waals surface area contributed by atoms with E-state index in [4.69, 9.17) is 0 Å². The third-order valence-electron chi connectivity index (χ3n) is 4.95. The molecule has 1 aromatic heterocycles. The summed E-state index contributed by atoms with van der Waals surface area (Å²) in [4.78, 5) is 1.06. The third kappa shape index (κ3) is 3.62. The van der Waals surface area contributed by atoms with Crippen LogP contribution in [0.3, 0.4) is 0 Å². The molecule has 3 rings (SSSR count). The molecule has 0 spiro atoms. The number of hydrogen-bond donors (Lipinski definition) is 1. The molecule has 1 aromatic carbocycles. The molecule has 0 amide bonds. The molecular formula is C19H21FN2O2S2. The van der Waals surface area contributed by atoms with Crippen molar-refractivity contribution >= 4 is 26.4 Å². The molecule has 0 unspecified atom stereocenters. The first-order chi connectivity index (χ1) is 12.1. The van der Waals surface area contributed by atoms with Gasteiger partial charge in [-0.15, -0.1) is 11.3 Å².